The van der Waals surface area contributed by atoms with Crippen molar-refractivity contribution in [3.8, 4) is 0 Å². The van der Waals surface area contributed by atoms with Crippen LogP contribution in [0, 0.1) is 0 Å². The van der Waals surface area contributed by atoms with Crippen LogP contribution < -0.4 is 11.1 Å². The van der Waals surface area contributed by atoms with E-state index in [4.69, 9.17) is 5.73 Å². The predicted molar refractivity (Wildman–Crippen MR) is 115 cm³/mol. The molecule has 0 spiro atoms. The largest absolute Gasteiger partial charge is 0.382 e. The van der Waals surface area contributed by atoms with Crippen LogP contribution in [0.3, 0.4) is 0 Å². The van der Waals surface area contributed by atoms with Crippen LogP contribution >= 0.6 is 15.9 Å². The molecular formula is C21H24BrN5O. The van der Waals surface area contributed by atoms with Gasteiger partial charge in [-0.25, -0.2) is 0 Å². The van der Waals surface area contributed by atoms with Gasteiger partial charge in [-0.3, -0.25) is 9.89 Å². The van der Waals surface area contributed by atoms with E-state index in [1.807, 2.05) is 41.4 Å². The van der Waals surface area contributed by atoms with E-state index in [2.05, 4.69) is 43.6 Å². The lowest BCUT2D eigenvalue weighted by molar-refractivity contribution is -0.133. The number of carbonyl (C=O) groups is 1. The molecule has 1 aliphatic heterocycles. The number of hydrogen-bond acceptors (Lipinski definition) is 4. The van der Waals surface area contributed by atoms with Gasteiger partial charge in [0, 0.05) is 34.7 Å². The average molecular weight is 442 g/mol. The van der Waals surface area contributed by atoms with Gasteiger partial charge in [-0.2, -0.15) is 5.10 Å². The molecular weight excluding hydrogens is 418 g/mol. The van der Waals surface area contributed by atoms with Gasteiger partial charge >= 0.3 is 0 Å². The number of hydrogen-bond donors (Lipinski definition) is 3. The molecule has 0 saturated carbocycles. The van der Waals surface area contributed by atoms with Crippen molar-refractivity contribution < 1.29 is 4.79 Å². The van der Waals surface area contributed by atoms with Gasteiger partial charge in [0.25, 0.3) is 0 Å². The third-order valence-corrected chi connectivity index (χ3v) is 5.83. The van der Waals surface area contributed by atoms with Crippen molar-refractivity contribution in [2.45, 2.75) is 31.3 Å². The molecule has 4 N–H and O–H groups in total. The van der Waals surface area contributed by atoms with Gasteiger partial charge in [0.1, 0.15) is 0 Å². The number of likely N-dealkylation sites (tertiary alicyclic amines) is 1. The van der Waals surface area contributed by atoms with E-state index in [1.54, 1.807) is 0 Å². The van der Waals surface area contributed by atoms with Gasteiger partial charge in [-0.15, -0.1) is 0 Å². The molecule has 1 atom stereocenters. The summed E-state index contributed by atoms with van der Waals surface area (Å²) in [5.41, 5.74) is 9.39. The zero-order valence-electron chi connectivity index (χ0n) is 15.6. The maximum Gasteiger partial charge on any atom is 0.239 e. The Bertz CT molecular complexity index is 947. The highest BCUT2D eigenvalue weighted by Gasteiger charge is 2.26. The number of nitrogens with two attached hydrogens (primary N) is 1. The quantitative estimate of drug-likeness (QED) is 0.566. The number of halogens is 1. The molecule has 1 fully saturated rings. The Kier molecular flexibility index (Phi) is 5.64. The van der Waals surface area contributed by atoms with Gasteiger partial charge < -0.3 is 16.0 Å². The maximum atomic E-state index is 12.7. The molecule has 1 aliphatic rings. The molecule has 2 heterocycles. The first-order chi connectivity index (χ1) is 13.6. The van der Waals surface area contributed by atoms with E-state index in [0.717, 1.165) is 52.6 Å². The summed E-state index contributed by atoms with van der Waals surface area (Å²) < 4.78 is 1.03. The number of benzene rings is 2. The number of nitrogens with one attached hydrogen (secondary N) is 2. The molecule has 1 amide bonds. The fraction of sp³-hybridized carbons (Fsp3) is 0.333. The number of piperidine rings is 1. The minimum Gasteiger partial charge on any atom is -0.382 e. The van der Waals surface area contributed by atoms with Crippen LogP contribution in [0.25, 0.3) is 10.9 Å². The first-order valence-electron chi connectivity index (χ1n) is 9.57. The Balaban J connectivity index is 1.29. The minimum absolute atomic E-state index is 0.0428. The summed E-state index contributed by atoms with van der Waals surface area (Å²) in [6.45, 7) is 1.47. The number of aromatic amines is 1. The SMILES string of the molecule is N[C@@H](Cc1ccc(Br)cc1)C(=O)N1CCC(Nc2ccc3[nH]ncc3c2)CC1. The minimum atomic E-state index is -0.491. The lowest BCUT2D eigenvalue weighted by Gasteiger charge is -2.34. The summed E-state index contributed by atoms with van der Waals surface area (Å²) in [5, 5.41) is 11.7. The summed E-state index contributed by atoms with van der Waals surface area (Å²) in [5.74, 6) is 0.0428. The maximum absolute atomic E-state index is 12.7. The normalized spacial score (nSPS) is 16.3. The molecule has 28 heavy (non-hydrogen) atoms. The zero-order chi connectivity index (χ0) is 19.5. The van der Waals surface area contributed by atoms with Gasteiger partial charge in [0.2, 0.25) is 5.91 Å². The topological polar surface area (TPSA) is 87.0 Å². The van der Waals surface area contributed by atoms with Gasteiger partial charge in [-0.05, 0) is 55.2 Å². The first kappa shape index (κ1) is 19.0. The molecule has 0 bridgehead atoms. The number of amides is 1. The summed E-state index contributed by atoms with van der Waals surface area (Å²) >= 11 is 3.43. The van der Waals surface area contributed by atoms with Crippen LogP contribution in [0.2, 0.25) is 0 Å². The van der Waals surface area contributed by atoms with E-state index in [1.165, 1.54) is 0 Å². The molecule has 1 saturated heterocycles. The lowest BCUT2D eigenvalue weighted by Crippen LogP contribution is -2.49. The predicted octanol–water partition coefficient (Wildman–Crippen LogP) is 3.30. The number of carbonyl (C=O) groups excluding carboxylic acids is 1. The number of H-pyrrole nitrogens is 1. The van der Waals surface area contributed by atoms with Crippen molar-refractivity contribution in [1.29, 1.82) is 0 Å². The Morgan fingerprint density at radius 2 is 2.00 bits per heavy atom. The molecule has 3 aromatic rings. The Hall–Kier alpha value is -2.38. The van der Waals surface area contributed by atoms with Crippen LogP contribution in [-0.2, 0) is 11.2 Å². The highest BCUT2D eigenvalue weighted by molar-refractivity contribution is 9.10. The van der Waals surface area contributed by atoms with E-state index >= 15 is 0 Å². The number of anilines is 1. The Morgan fingerprint density at radius 1 is 1.25 bits per heavy atom. The zero-order valence-corrected chi connectivity index (χ0v) is 17.2. The second-order valence-electron chi connectivity index (χ2n) is 7.35. The number of rotatable bonds is 5. The number of aromatic nitrogens is 2. The Morgan fingerprint density at radius 3 is 2.75 bits per heavy atom. The van der Waals surface area contributed by atoms with Crippen LogP contribution in [-0.4, -0.2) is 46.2 Å². The van der Waals surface area contributed by atoms with E-state index in [0.29, 0.717) is 12.5 Å². The monoisotopic (exact) mass is 441 g/mol. The van der Waals surface area contributed by atoms with Crippen LogP contribution in [0.1, 0.15) is 18.4 Å². The molecule has 0 aliphatic carbocycles. The average Bonchev–Trinajstić information content (AvgIpc) is 3.17. The second-order valence-corrected chi connectivity index (χ2v) is 8.27. The summed E-state index contributed by atoms with van der Waals surface area (Å²) in [6.07, 6.45) is 4.23. The summed E-state index contributed by atoms with van der Waals surface area (Å²) in [6, 6.07) is 14.0. The van der Waals surface area contributed by atoms with Crippen LogP contribution in [0.5, 0.6) is 0 Å². The van der Waals surface area contributed by atoms with Crippen molar-refractivity contribution in [2.75, 3.05) is 18.4 Å². The van der Waals surface area contributed by atoms with Crippen molar-refractivity contribution in [3.63, 3.8) is 0 Å². The number of nitrogens with zero attached hydrogens (tertiary/aromatic N) is 2. The third kappa shape index (κ3) is 4.36. The molecule has 1 aromatic heterocycles. The molecule has 4 rings (SSSR count). The van der Waals surface area contributed by atoms with E-state index in [-0.39, 0.29) is 5.91 Å². The molecule has 2 aromatic carbocycles. The summed E-state index contributed by atoms with van der Waals surface area (Å²) in [7, 11) is 0. The van der Waals surface area contributed by atoms with Crippen molar-refractivity contribution in [1.82, 2.24) is 15.1 Å². The first-order valence-corrected chi connectivity index (χ1v) is 10.4. The fourth-order valence-electron chi connectivity index (χ4n) is 3.71. The van der Waals surface area contributed by atoms with Crippen LogP contribution in [0.4, 0.5) is 5.69 Å². The van der Waals surface area contributed by atoms with Gasteiger partial charge in [0.15, 0.2) is 0 Å². The highest BCUT2D eigenvalue weighted by Crippen LogP contribution is 2.21. The van der Waals surface area contributed by atoms with Crippen molar-refractivity contribution >= 4 is 38.4 Å². The van der Waals surface area contributed by atoms with Crippen molar-refractivity contribution in [3.05, 3.63) is 58.7 Å². The van der Waals surface area contributed by atoms with Crippen LogP contribution in [0.15, 0.2) is 53.1 Å². The second kappa shape index (κ2) is 8.32. The van der Waals surface area contributed by atoms with E-state index in [9.17, 15) is 4.79 Å². The molecule has 6 nitrogen and oxygen atoms in total. The fourth-order valence-corrected chi connectivity index (χ4v) is 3.97. The number of fused-ring (bicyclic) bond motifs is 1. The van der Waals surface area contributed by atoms with Crippen molar-refractivity contribution in [2.24, 2.45) is 5.73 Å². The smallest absolute Gasteiger partial charge is 0.239 e. The standard InChI is InChI=1S/C21H24BrN5O/c22-16-3-1-14(2-4-16)11-19(23)21(28)27-9-7-17(8-10-27)25-18-5-6-20-15(12-18)13-24-26-20/h1-6,12-13,17,19,25H,7-11,23H2,(H,24,26)/t19-/m0/s1. The molecule has 0 unspecified atom stereocenters. The molecule has 7 heteroatoms. The highest BCUT2D eigenvalue weighted by atomic mass is 79.9. The molecule has 146 valence electrons. The third-order valence-electron chi connectivity index (χ3n) is 5.30. The Labute approximate surface area is 172 Å². The van der Waals surface area contributed by atoms with Gasteiger partial charge in [0.05, 0.1) is 17.8 Å². The lowest BCUT2D eigenvalue weighted by atomic mass is 10.0. The van der Waals surface area contributed by atoms with Gasteiger partial charge in [-0.1, -0.05) is 28.1 Å². The molecule has 0 radical (unpaired) electrons. The van der Waals surface area contributed by atoms with E-state index < -0.39 is 6.04 Å². The summed E-state index contributed by atoms with van der Waals surface area (Å²) in [4.78, 5) is 14.6.